The number of aliphatic hydroxyl groups excluding tert-OH is 2. The highest BCUT2D eigenvalue weighted by Crippen LogP contribution is 2.38. The van der Waals surface area contributed by atoms with Crippen molar-refractivity contribution in [2.45, 2.75) is 44.8 Å². The standard InChI is InChI=1S/C24H29N7O2/c1-14(15-3-2-4-15)31-19-6-5-16(9-18(19)10-27-31)21-22-23(26-13-25-22)29-24(28-21)30-8-7-17(12-32)20(33)11-30/h5-6,9-10,13-15,17,20,32-33H,2-4,7-8,11-12H2,1H3,(H,25,26,28,29)/t14-,17+,20-/m0/s1. The number of hydrogen-bond acceptors (Lipinski definition) is 7. The third-order valence-electron chi connectivity index (χ3n) is 7.60. The number of nitrogens with zero attached hydrogens (tertiary/aromatic N) is 6. The van der Waals surface area contributed by atoms with Crippen LogP contribution in [0, 0.1) is 11.8 Å². The quantitative estimate of drug-likeness (QED) is 0.431. The van der Waals surface area contributed by atoms with Gasteiger partial charge in [-0.3, -0.25) is 4.68 Å². The van der Waals surface area contributed by atoms with Crippen molar-refractivity contribution in [3.8, 4) is 11.3 Å². The predicted molar refractivity (Wildman–Crippen MR) is 126 cm³/mol. The molecule has 1 aliphatic carbocycles. The van der Waals surface area contributed by atoms with Crippen molar-refractivity contribution in [1.82, 2.24) is 29.7 Å². The zero-order valence-corrected chi connectivity index (χ0v) is 18.7. The SMILES string of the molecule is C[C@@H](C1CCC1)n1ncc2cc(-c3nc(N4CC[C@H](CO)[C@@H](O)C4)nc4nc[nH]c34)ccc21. The molecule has 3 atom stereocenters. The number of β-amino-alcohol motifs (C(OH)–C–C–N with tert-alkyl or cyclic N) is 1. The van der Waals surface area contributed by atoms with Gasteiger partial charge in [-0.1, -0.05) is 12.5 Å². The number of fused-ring (bicyclic) bond motifs is 2. The first-order valence-electron chi connectivity index (χ1n) is 11.8. The fourth-order valence-electron chi connectivity index (χ4n) is 5.19. The van der Waals surface area contributed by atoms with E-state index in [4.69, 9.17) is 10.1 Å². The Balaban J connectivity index is 1.38. The van der Waals surface area contributed by atoms with Crippen LogP contribution in [-0.2, 0) is 0 Å². The number of rotatable bonds is 5. The van der Waals surface area contributed by atoms with Crippen LogP contribution in [0.2, 0.25) is 0 Å². The monoisotopic (exact) mass is 447 g/mol. The van der Waals surface area contributed by atoms with E-state index in [2.05, 4.69) is 44.8 Å². The zero-order chi connectivity index (χ0) is 22.5. The molecular weight excluding hydrogens is 418 g/mol. The van der Waals surface area contributed by atoms with Gasteiger partial charge in [0.25, 0.3) is 0 Å². The van der Waals surface area contributed by atoms with E-state index in [1.54, 1.807) is 6.33 Å². The number of nitrogens with one attached hydrogen (secondary N) is 1. The van der Waals surface area contributed by atoms with Crippen LogP contribution in [0.3, 0.4) is 0 Å². The van der Waals surface area contributed by atoms with Gasteiger partial charge in [0.15, 0.2) is 5.65 Å². The summed E-state index contributed by atoms with van der Waals surface area (Å²) in [7, 11) is 0. The number of H-pyrrole nitrogens is 1. The van der Waals surface area contributed by atoms with Gasteiger partial charge in [-0.15, -0.1) is 0 Å². The average molecular weight is 448 g/mol. The van der Waals surface area contributed by atoms with Gasteiger partial charge < -0.3 is 20.1 Å². The lowest BCUT2D eigenvalue weighted by atomic mass is 9.80. The topological polar surface area (TPSA) is 116 Å². The maximum Gasteiger partial charge on any atom is 0.228 e. The zero-order valence-electron chi connectivity index (χ0n) is 18.7. The highest BCUT2D eigenvalue weighted by atomic mass is 16.3. The fraction of sp³-hybridized carbons (Fsp3) is 0.500. The molecule has 6 rings (SSSR count). The molecule has 1 aliphatic heterocycles. The maximum absolute atomic E-state index is 10.4. The van der Waals surface area contributed by atoms with Crippen molar-refractivity contribution in [2.75, 3.05) is 24.6 Å². The second-order valence-electron chi connectivity index (χ2n) is 9.51. The van der Waals surface area contributed by atoms with Crippen LogP contribution in [0.15, 0.2) is 30.7 Å². The first-order valence-corrected chi connectivity index (χ1v) is 11.8. The minimum atomic E-state index is -0.606. The Morgan fingerprint density at radius 2 is 2.09 bits per heavy atom. The number of aliphatic hydroxyl groups is 2. The van der Waals surface area contributed by atoms with Gasteiger partial charge in [0, 0.05) is 36.6 Å². The summed E-state index contributed by atoms with van der Waals surface area (Å²) in [6.45, 7) is 3.34. The van der Waals surface area contributed by atoms with Crippen LogP contribution in [-0.4, -0.2) is 65.7 Å². The van der Waals surface area contributed by atoms with Crippen LogP contribution in [0.25, 0.3) is 33.3 Å². The van der Waals surface area contributed by atoms with E-state index >= 15 is 0 Å². The van der Waals surface area contributed by atoms with Crippen LogP contribution in [0.1, 0.15) is 38.6 Å². The summed E-state index contributed by atoms with van der Waals surface area (Å²) in [5.74, 6) is 1.16. The van der Waals surface area contributed by atoms with E-state index in [-0.39, 0.29) is 12.5 Å². The third kappa shape index (κ3) is 3.46. The summed E-state index contributed by atoms with van der Waals surface area (Å²) in [6.07, 6.45) is 7.55. The highest BCUT2D eigenvalue weighted by molar-refractivity contribution is 5.92. The van der Waals surface area contributed by atoms with Crippen LogP contribution < -0.4 is 4.90 Å². The van der Waals surface area contributed by atoms with Crippen molar-refractivity contribution in [3.63, 3.8) is 0 Å². The molecular formula is C24H29N7O2. The normalized spacial score (nSPS) is 22.7. The van der Waals surface area contributed by atoms with Crippen LogP contribution in [0.4, 0.5) is 5.95 Å². The molecule has 3 aromatic heterocycles. The molecule has 1 saturated heterocycles. The van der Waals surface area contributed by atoms with Gasteiger partial charge in [-0.25, -0.2) is 9.97 Å². The molecule has 172 valence electrons. The molecule has 9 nitrogen and oxygen atoms in total. The molecule has 0 unspecified atom stereocenters. The number of hydrogen-bond donors (Lipinski definition) is 3. The molecule has 1 saturated carbocycles. The van der Waals surface area contributed by atoms with Gasteiger partial charge >= 0.3 is 0 Å². The second-order valence-corrected chi connectivity index (χ2v) is 9.51. The summed E-state index contributed by atoms with van der Waals surface area (Å²) in [4.78, 5) is 19.1. The molecule has 0 amide bonds. The number of imidazole rings is 1. The molecule has 3 N–H and O–H groups in total. The smallest absolute Gasteiger partial charge is 0.228 e. The molecule has 0 radical (unpaired) electrons. The predicted octanol–water partition coefficient (Wildman–Crippen LogP) is 2.91. The molecule has 33 heavy (non-hydrogen) atoms. The Hall–Kier alpha value is -3.04. The number of aromatic amines is 1. The van der Waals surface area contributed by atoms with Crippen molar-refractivity contribution in [1.29, 1.82) is 0 Å². The van der Waals surface area contributed by atoms with Crippen molar-refractivity contribution < 1.29 is 10.2 Å². The number of benzene rings is 1. The molecule has 4 aromatic rings. The molecule has 0 spiro atoms. The lowest BCUT2D eigenvalue weighted by Gasteiger charge is -2.35. The summed E-state index contributed by atoms with van der Waals surface area (Å²) >= 11 is 0. The van der Waals surface area contributed by atoms with Crippen molar-refractivity contribution >= 4 is 28.0 Å². The molecule has 4 heterocycles. The summed E-state index contributed by atoms with van der Waals surface area (Å²) < 4.78 is 2.16. The van der Waals surface area contributed by atoms with E-state index in [1.165, 1.54) is 19.3 Å². The summed E-state index contributed by atoms with van der Waals surface area (Å²) in [6, 6.07) is 6.76. The number of anilines is 1. The van der Waals surface area contributed by atoms with E-state index in [1.807, 2.05) is 11.1 Å². The molecule has 0 bridgehead atoms. The van der Waals surface area contributed by atoms with Gasteiger partial charge in [-0.05, 0) is 44.2 Å². The van der Waals surface area contributed by atoms with E-state index in [0.717, 1.165) is 27.7 Å². The van der Waals surface area contributed by atoms with Gasteiger partial charge in [0.2, 0.25) is 5.95 Å². The molecule has 1 aromatic carbocycles. The molecule has 2 aliphatic rings. The molecule has 2 fully saturated rings. The minimum absolute atomic E-state index is 0.00737. The van der Waals surface area contributed by atoms with E-state index in [0.29, 0.717) is 43.1 Å². The Morgan fingerprint density at radius 1 is 1.21 bits per heavy atom. The lowest BCUT2D eigenvalue weighted by molar-refractivity contribution is 0.0544. The average Bonchev–Trinajstić information content (AvgIpc) is 3.43. The van der Waals surface area contributed by atoms with Crippen molar-refractivity contribution in [3.05, 3.63) is 30.7 Å². The highest BCUT2D eigenvalue weighted by Gasteiger charge is 2.30. The van der Waals surface area contributed by atoms with Crippen molar-refractivity contribution in [2.24, 2.45) is 11.8 Å². The Labute approximate surface area is 191 Å². The molecule has 9 heteroatoms. The Bertz CT molecular complexity index is 1290. The number of aromatic nitrogens is 6. The maximum atomic E-state index is 10.4. The Kier molecular flexibility index (Phi) is 5.03. The largest absolute Gasteiger partial charge is 0.396 e. The first kappa shape index (κ1) is 20.6. The van der Waals surface area contributed by atoms with Crippen LogP contribution >= 0.6 is 0 Å². The first-order chi connectivity index (χ1) is 16.1. The van der Waals surface area contributed by atoms with Gasteiger partial charge in [0.1, 0.15) is 11.2 Å². The minimum Gasteiger partial charge on any atom is -0.396 e. The lowest BCUT2D eigenvalue weighted by Crippen LogP contribution is -2.45. The number of piperidine rings is 1. The second kappa shape index (κ2) is 8.07. The third-order valence-corrected chi connectivity index (χ3v) is 7.60. The van der Waals surface area contributed by atoms with Gasteiger partial charge in [-0.2, -0.15) is 10.1 Å². The Morgan fingerprint density at radius 3 is 2.85 bits per heavy atom. The van der Waals surface area contributed by atoms with E-state index in [9.17, 15) is 10.2 Å². The summed E-state index contributed by atoms with van der Waals surface area (Å²) in [5, 5.41) is 25.7. The fourth-order valence-corrected chi connectivity index (χ4v) is 5.19. The van der Waals surface area contributed by atoms with Crippen LogP contribution in [0.5, 0.6) is 0 Å². The van der Waals surface area contributed by atoms with Gasteiger partial charge in [0.05, 0.1) is 30.2 Å². The van der Waals surface area contributed by atoms with E-state index < -0.39 is 6.10 Å². The summed E-state index contributed by atoms with van der Waals surface area (Å²) in [5.41, 5.74) is 4.29.